The highest BCUT2D eigenvalue weighted by molar-refractivity contribution is 7.11. The van der Waals surface area contributed by atoms with E-state index >= 15 is 0 Å². The molecule has 0 radical (unpaired) electrons. The van der Waals surface area contributed by atoms with E-state index in [1.54, 1.807) is 12.4 Å². The number of aromatic nitrogens is 3. The van der Waals surface area contributed by atoms with Gasteiger partial charge in [-0.2, -0.15) is 5.10 Å². The quantitative estimate of drug-likeness (QED) is 0.807. The summed E-state index contributed by atoms with van der Waals surface area (Å²) in [6.45, 7) is 2.10. The summed E-state index contributed by atoms with van der Waals surface area (Å²) in [5, 5.41) is 15.1. The van der Waals surface area contributed by atoms with E-state index in [-0.39, 0.29) is 5.91 Å². The maximum Gasteiger partial charge on any atom is 0.284 e. The van der Waals surface area contributed by atoms with Gasteiger partial charge in [-0.05, 0) is 32.4 Å². The monoisotopic (exact) mass is 291 g/mol. The van der Waals surface area contributed by atoms with Crippen LogP contribution in [0.15, 0.2) is 17.8 Å². The molecule has 2 aromatic rings. The van der Waals surface area contributed by atoms with Crippen molar-refractivity contribution >= 4 is 22.9 Å². The van der Waals surface area contributed by atoms with E-state index in [1.165, 1.54) is 17.8 Å². The number of nitrogens with zero attached hydrogens (tertiary/aromatic N) is 2. The fraction of sp³-hybridized carbons (Fsp3) is 0.462. The minimum Gasteiger partial charge on any atom is -0.317 e. The van der Waals surface area contributed by atoms with Crippen molar-refractivity contribution in [3.63, 3.8) is 0 Å². The van der Waals surface area contributed by atoms with Crippen LogP contribution >= 0.6 is 11.3 Å². The maximum absolute atomic E-state index is 12.1. The lowest BCUT2D eigenvalue weighted by atomic mass is 9.98. The number of carbonyl (C=O) groups excluding carboxylic acids is 1. The van der Waals surface area contributed by atoms with E-state index < -0.39 is 0 Å². The highest BCUT2D eigenvalue weighted by atomic mass is 32.1. The Morgan fingerprint density at radius 1 is 1.40 bits per heavy atom. The summed E-state index contributed by atoms with van der Waals surface area (Å²) in [5.74, 6) is 0.297. The molecule has 3 N–H and O–H groups in total. The van der Waals surface area contributed by atoms with E-state index in [9.17, 15) is 4.79 Å². The minimum absolute atomic E-state index is 0.172. The number of aromatic amines is 1. The average molecular weight is 291 g/mol. The molecule has 0 spiro atoms. The predicted molar refractivity (Wildman–Crippen MR) is 78.1 cm³/mol. The van der Waals surface area contributed by atoms with Crippen LogP contribution in [-0.4, -0.2) is 34.2 Å². The van der Waals surface area contributed by atoms with Crippen LogP contribution < -0.4 is 10.6 Å². The number of anilines is 1. The van der Waals surface area contributed by atoms with E-state index in [1.807, 2.05) is 5.38 Å². The maximum atomic E-state index is 12.1. The summed E-state index contributed by atoms with van der Waals surface area (Å²) in [6, 6.07) is 0. The molecule has 2 aromatic heterocycles. The Labute approximate surface area is 121 Å². The van der Waals surface area contributed by atoms with Gasteiger partial charge < -0.3 is 10.6 Å². The highest BCUT2D eigenvalue weighted by Crippen LogP contribution is 2.27. The van der Waals surface area contributed by atoms with E-state index in [0.717, 1.165) is 31.6 Å². The largest absolute Gasteiger partial charge is 0.317 e. The number of carbonyl (C=O) groups is 1. The molecule has 1 aliphatic rings. The van der Waals surface area contributed by atoms with Gasteiger partial charge in [0.05, 0.1) is 17.6 Å². The lowest BCUT2D eigenvalue weighted by Gasteiger charge is -2.09. The zero-order valence-corrected chi connectivity index (χ0v) is 11.9. The van der Waals surface area contributed by atoms with Crippen LogP contribution in [0.2, 0.25) is 0 Å². The Morgan fingerprint density at radius 3 is 3.20 bits per heavy atom. The fourth-order valence-electron chi connectivity index (χ4n) is 2.40. The van der Waals surface area contributed by atoms with Gasteiger partial charge in [0.2, 0.25) is 0 Å². The van der Waals surface area contributed by atoms with Crippen LogP contribution in [-0.2, 0) is 0 Å². The molecule has 106 valence electrons. The van der Waals surface area contributed by atoms with Crippen molar-refractivity contribution in [1.82, 2.24) is 20.5 Å². The highest BCUT2D eigenvalue weighted by Gasteiger charge is 2.19. The Kier molecular flexibility index (Phi) is 4.08. The van der Waals surface area contributed by atoms with Gasteiger partial charge in [-0.15, -0.1) is 11.3 Å². The number of thiazole rings is 1. The lowest BCUT2D eigenvalue weighted by Crippen LogP contribution is -2.14. The van der Waals surface area contributed by atoms with Gasteiger partial charge in [0.1, 0.15) is 0 Å². The van der Waals surface area contributed by atoms with Crippen molar-refractivity contribution in [3.8, 4) is 0 Å². The molecule has 1 amide bonds. The molecule has 6 nitrogen and oxygen atoms in total. The normalized spacial score (nSPS) is 19.5. The van der Waals surface area contributed by atoms with Crippen molar-refractivity contribution in [1.29, 1.82) is 0 Å². The van der Waals surface area contributed by atoms with Gasteiger partial charge in [-0.1, -0.05) is 0 Å². The van der Waals surface area contributed by atoms with Gasteiger partial charge in [0.15, 0.2) is 5.01 Å². The van der Waals surface area contributed by atoms with Gasteiger partial charge in [0, 0.05) is 17.5 Å². The van der Waals surface area contributed by atoms with Gasteiger partial charge in [-0.25, -0.2) is 4.98 Å². The summed E-state index contributed by atoms with van der Waals surface area (Å²) < 4.78 is 0. The number of hydrogen-bond acceptors (Lipinski definition) is 5. The third-order valence-electron chi connectivity index (χ3n) is 3.47. The van der Waals surface area contributed by atoms with Crippen molar-refractivity contribution < 1.29 is 4.79 Å². The van der Waals surface area contributed by atoms with E-state index in [2.05, 4.69) is 25.8 Å². The van der Waals surface area contributed by atoms with Crippen molar-refractivity contribution in [2.45, 2.75) is 25.2 Å². The molecular weight excluding hydrogens is 274 g/mol. The number of amides is 1. The Morgan fingerprint density at radius 2 is 2.35 bits per heavy atom. The first-order valence-corrected chi connectivity index (χ1v) is 7.67. The van der Waals surface area contributed by atoms with E-state index in [0.29, 0.717) is 16.6 Å². The van der Waals surface area contributed by atoms with Gasteiger partial charge in [0.25, 0.3) is 5.91 Å². The van der Waals surface area contributed by atoms with Crippen LogP contribution in [0.4, 0.5) is 5.69 Å². The molecule has 1 aliphatic heterocycles. The minimum atomic E-state index is -0.172. The molecule has 20 heavy (non-hydrogen) atoms. The number of hydrogen-bond donors (Lipinski definition) is 3. The summed E-state index contributed by atoms with van der Waals surface area (Å²) in [6.07, 6.45) is 6.61. The summed E-state index contributed by atoms with van der Waals surface area (Å²) in [7, 11) is 0. The first-order chi connectivity index (χ1) is 9.83. The molecule has 0 aliphatic carbocycles. The van der Waals surface area contributed by atoms with Crippen molar-refractivity contribution in [2.75, 3.05) is 18.4 Å². The SMILES string of the molecule is O=C(Nc1cn[nH]c1)c1nc(C2CCCNCC2)cs1. The predicted octanol–water partition coefficient (Wildman–Crippen LogP) is 1.98. The third kappa shape index (κ3) is 3.05. The zero-order chi connectivity index (χ0) is 13.8. The molecule has 0 bridgehead atoms. The Bertz CT molecular complexity index is 557. The summed E-state index contributed by atoms with van der Waals surface area (Å²) in [4.78, 5) is 16.6. The number of rotatable bonds is 3. The molecule has 0 aromatic carbocycles. The molecule has 1 saturated heterocycles. The van der Waals surface area contributed by atoms with Crippen LogP contribution in [0.3, 0.4) is 0 Å². The molecule has 1 atom stereocenters. The second-order valence-electron chi connectivity index (χ2n) is 4.90. The van der Waals surface area contributed by atoms with Crippen LogP contribution in [0.5, 0.6) is 0 Å². The smallest absolute Gasteiger partial charge is 0.284 e. The molecule has 1 unspecified atom stereocenters. The average Bonchev–Trinajstić information content (AvgIpc) is 3.06. The third-order valence-corrected chi connectivity index (χ3v) is 4.33. The molecular formula is C13H17N5OS. The molecule has 3 heterocycles. The second-order valence-corrected chi connectivity index (χ2v) is 5.75. The molecule has 1 fully saturated rings. The molecule has 0 saturated carbocycles. The molecule has 3 rings (SSSR count). The van der Waals surface area contributed by atoms with Crippen molar-refractivity contribution in [2.24, 2.45) is 0 Å². The molecule has 7 heteroatoms. The van der Waals surface area contributed by atoms with Gasteiger partial charge >= 0.3 is 0 Å². The Hall–Kier alpha value is -1.73. The lowest BCUT2D eigenvalue weighted by molar-refractivity contribution is 0.102. The standard InChI is InChI=1S/C13H17N5OS/c19-12(17-10-6-15-16-7-10)13-18-11(8-20-13)9-2-1-4-14-5-3-9/h6-9,14H,1-5H2,(H,15,16)(H,17,19). The first-order valence-electron chi connectivity index (χ1n) is 6.79. The number of H-pyrrole nitrogens is 1. The van der Waals surface area contributed by atoms with Crippen LogP contribution in [0, 0.1) is 0 Å². The summed E-state index contributed by atoms with van der Waals surface area (Å²) >= 11 is 1.41. The zero-order valence-electron chi connectivity index (χ0n) is 11.1. The second kappa shape index (κ2) is 6.15. The van der Waals surface area contributed by atoms with Crippen molar-refractivity contribution in [3.05, 3.63) is 28.5 Å². The summed E-state index contributed by atoms with van der Waals surface area (Å²) in [5.41, 5.74) is 1.71. The Balaban J connectivity index is 1.67. The number of nitrogens with one attached hydrogen (secondary N) is 3. The topological polar surface area (TPSA) is 82.7 Å². The van der Waals surface area contributed by atoms with Crippen LogP contribution in [0.1, 0.15) is 40.7 Å². The van der Waals surface area contributed by atoms with Crippen LogP contribution in [0.25, 0.3) is 0 Å². The van der Waals surface area contributed by atoms with Gasteiger partial charge in [-0.3, -0.25) is 9.89 Å². The first kappa shape index (κ1) is 13.3. The van der Waals surface area contributed by atoms with E-state index in [4.69, 9.17) is 0 Å². The fourth-order valence-corrected chi connectivity index (χ4v) is 3.19.